The maximum atomic E-state index is 10.9. The fourth-order valence-corrected chi connectivity index (χ4v) is 1.71. The highest BCUT2D eigenvalue weighted by molar-refractivity contribution is 5.72. The van der Waals surface area contributed by atoms with E-state index in [1.165, 1.54) is 20.1 Å². The number of nitrogen functional groups attached to an aromatic ring is 1. The molecule has 116 valence electrons. The number of carbonyl (C=O) groups is 1. The maximum Gasteiger partial charge on any atom is 0.296 e. The van der Waals surface area contributed by atoms with Gasteiger partial charge in [-0.1, -0.05) is 0 Å². The minimum absolute atomic E-state index is 0.0427. The number of nitro groups is 1. The lowest BCUT2D eigenvalue weighted by molar-refractivity contribution is -0.384. The molecule has 2 atom stereocenters. The van der Waals surface area contributed by atoms with Crippen LogP contribution < -0.4 is 15.8 Å². The number of methoxy groups -OCH3 is 1. The zero-order valence-corrected chi connectivity index (χ0v) is 11.6. The van der Waals surface area contributed by atoms with E-state index in [0.717, 1.165) is 6.07 Å². The van der Waals surface area contributed by atoms with Crippen LogP contribution in [0.1, 0.15) is 18.6 Å². The summed E-state index contributed by atoms with van der Waals surface area (Å²) in [7, 11) is 1.30. The van der Waals surface area contributed by atoms with E-state index in [1.54, 1.807) is 0 Å². The van der Waals surface area contributed by atoms with E-state index in [1.807, 2.05) is 0 Å². The number of nitro benzene ring substituents is 1. The first-order valence-corrected chi connectivity index (χ1v) is 6.00. The van der Waals surface area contributed by atoms with Gasteiger partial charge in [-0.3, -0.25) is 14.9 Å². The number of aliphatic hydroxyl groups is 2. The SMILES string of the molecule is COc1cc(C(O)C(O)CNC(C)=O)c(N)c([N+](=O)[O-])c1. The third kappa shape index (κ3) is 4.04. The Morgan fingerprint density at radius 2 is 2.14 bits per heavy atom. The van der Waals surface area contributed by atoms with Crippen molar-refractivity contribution in [1.82, 2.24) is 5.32 Å². The first-order valence-electron chi connectivity index (χ1n) is 6.00. The Kier molecular flexibility index (Phi) is 5.44. The van der Waals surface area contributed by atoms with Crippen LogP contribution in [0.2, 0.25) is 0 Å². The number of rotatable bonds is 6. The molecular weight excluding hydrogens is 282 g/mol. The van der Waals surface area contributed by atoms with Gasteiger partial charge in [0.25, 0.3) is 5.69 Å². The molecule has 0 aromatic heterocycles. The van der Waals surface area contributed by atoms with Crippen molar-refractivity contribution < 1.29 is 24.7 Å². The molecule has 0 aliphatic heterocycles. The fraction of sp³-hybridized carbons (Fsp3) is 0.417. The van der Waals surface area contributed by atoms with Crippen LogP contribution in [0.4, 0.5) is 11.4 Å². The predicted molar refractivity (Wildman–Crippen MR) is 73.7 cm³/mol. The van der Waals surface area contributed by atoms with E-state index >= 15 is 0 Å². The van der Waals surface area contributed by atoms with E-state index in [9.17, 15) is 25.1 Å². The van der Waals surface area contributed by atoms with Crippen LogP contribution in [0, 0.1) is 10.1 Å². The van der Waals surface area contributed by atoms with Crippen molar-refractivity contribution in [3.63, 3.8) is 0 Å². The van der Waals surface area contributed by atoms with Crippen molar-refractivity contribution in [3.8, 4) is 5.75 Å². The smallest absolute Gasteiger partial charge is 0.296 e. The van der Waals surface area contributed by atoms with E-state index in [0.29, 0.717) is 0 Å². The Balaban J connectivity index is 3.12. The Morgan fingerprint density at radius 1 is 1.52 bits per heavy atom. The van der Waals surface area contributed by atoms with Crippen molar-refractivity contribution in [3.05, 3.63) is 27.8 Å². The first kappa shape index (κ1) is 16.7. The van der Waals surface area contributed by atoms with Crippen LogP contribution in [-0.4, -0.2) is 40.8 Å². The molecular formula is C12H17N3O6. The van der Waals surface area contributed by atoms with E-state index in [4.69, 9.17) is 10.5 Å². The predicted octanol–water partition coefficient (Wildman–Crippen LogP) is -0.284. The standard InChI is InChI=1S/C12H17N3O6/c1-6(16)14-5-10(17)12(18)8-3-7(21-2)4-9(11(8)13)15(19)20/h3-4,10,12,17-18H,5,13H2,1-2H3,(H,14,16). The molecule has 0 bridgehead atoms. The average molecular weight is 299 g/mol. The monoisotopic (exact) mass is 299 g/mol. The molecule has 0 saturated carbocycles. The summed E-state index contributed by atoms with van der Waals surface area (Å²) >= 11 is 0. The molecule has 2 unspecified atom stereocenters. The molecule has 5 N–H and O–H groups in total. The van der Waals surface area contributed by atoms with E-state index < -0.39 is 22.8 Å². The number of benzene rings is 1. The molecule has 1 rings (SSSR count). The molecule has 9 heteroatoms. The molecule has 1 aromatic carbocycles. The number of nitrogens with one attached hydrogen (secondary N) is 1. The number of anilines is 1. The van der Waals surface area contributed by atoms with Crippen molar-refractivity contribution in [1.29, 1.82) is 0 Å². The van der Waals surface area contributed by atoms with E-state index in [2.05, 4.69) is 5.32 Å². The van der Waals surface area contributed by atoms with Crippen LogP contribution in [0.5, 0.6) is 5.75 Å². The highest BCUT2D eigenvalue weighted by atomic mass is 16.6. The molecule has 1 aromatic rings. The van der Waals surface area contributed by atoms with Crippen LogP contribution in [0.15, 0.2) is 12.1 Å². The first-order chi connectivity index (χ1) is 9.77. The molecule has 0 spiro atoms. The molecule has 9 nitrogen and oxygen atoms in total. The third-order valence-corrected chi connectivity index (χ3v) is 2.84. The summed E-state index contributed by atoms with van der Waals surface area (Å²) < 4.78 is 4.91. The van der Waals surface area contributed by atoms with Crippen LogP contribution >= 0.6 is 0 Å². The van der Waals surface area contributed by atoms with Gasteiger partial charge < -0.3 is 26.0 Å². The lowest BCUT2D eigenvalue weighted by Crippen LogP contribution is -2.34. The molecule has 0 radical (unpaired) electrons. The molecule has 0 heterocycles. The molecule has 21 heavy (non-hydrogen) atoms. The largest absolute Gasteiger partial charge is 0.496 e. The number of ether oxygens (including phenoxy) is 1. The van der Waals surface area contributed by atoms with Gasteiger partial charge in [-0.15, -0.1) is 0 Å². The summed E-state index contributed by atoms with van der Waals surface area (Å²) in [6.07, 6.45) is -2.88. The summed E-state index contributed by atoms with van der Waals surface area (Å²) in [6, 6.07) is 2.41. The third-order valence-electron chi connectivity index (χ3n) is 2.84. The highest BCUT2D eigenvalue weighted by Crippen LogP contribution is 2.35. The van der Waals surface area contributed by atoms with Crippen LogP contribution in [-0.2, 0) is 4.79 Å². The second-order valence-corrected chi connectivity index (χ2v) is 4.36. The summed E-state index contributed by atoms with van der Waals surface area (Å²) in [4.78, 5) is 21.0. The molecule has 0 aliphatic carbocycles. The van der Waals surface area contributed by atoms with Gasteiger partial charge in [-0.2, -0.15) is 0 Å². The van der Waals surface area contributed by atoms with Crippen molar-refractivity contribution in [2.24, 2.45) is 0 Å². The van der Waals surface area contributed by atoms with Gasteiger partial charge in [0.2, 0.25) is 5.91 Å². The Bertz CT molecular complexity index is 548. The zero-order chi connectivity index (χ0) is 16.2. The van der Waals surface area contributed by atoms with Gasteiger partial charge in [0.05, 0.1) is 18.1 Å². The van der Waals surface area contributed by atoms with Gasteiger partial charge in [-0.25, -0.2) is 0 Å². The Labute approximate surface area is 120 Å². The lowest BCUT2D eigenvalue weighted by Gasteiger charge is -2.20. The number of hydrogen-bond acceptors (Lipinski definition) is 7. The quantitative estimate of drug-likeness (QED) is 0.320. The van der Waals surface area contributed by atoms with Gasteiger partial charge in [0.1, 0.15) is 23.6 Å². The number of amides is 1. The minimum atomic E-state index is -1.51. The van der Waals surface area contributed by atoms with Gasteiger partial charge in [-0.05, 0) is 6.07 Å². The minimum Gasteiger partial charge on any atom is -0.496 e. The Hall–Kier alpha value is -2.39. The average Bonchev–Trinajstić information content (AvgIpc) is 2.43. The number of hydrogen-bond donors (Lipinski definition) is 4. The number of aliphatic hydroxyl groups excluding tert-OH is 2. The summed E-state index contributed by atoms with van der Waals surface area (Å²) in [5.41, 5.74) is 4.90. The van der Waals surface area contributed by atoms with Crippen LogP contribution in [0.25, 0.3) is 0 Å². The maximum absolute atomic E-state index is 10.9. The van der Waals surface area contributed by atoms with Gasteiger partial charge in [0.15, 0.2) is 0 Å². The summed E-state index contributed by atoms with van der Waals surface area (Å²) in [5.74, 6) is -0.262. The zero-order valence-electron chi connectivity index (χ0n) is 11.6. The van der Waals surface area contributed by atoms with Gasteiger partial charge in [0, 0.05) is 19.0 Å². The number of carbonyl (C=O) groups excluding carboxylic acids is 1. The van der Waals surface area contributed by atoms with Crippen molar-refractivity contribution in [2.75, 3.05) is 19.4 Å². The normalized spacial score (nSPS) is 13.3. The Morgan fingerprint density at radius 3 is 2.62 bits per heavy atom. The van der Waals surface area contributed by atoms with Gasteiger partial charge >= 0.3 is 0 Å². The molecule has 0 fully saturated rings. The lowest BCUT2D eigenvalue weighted by atomic mass is 10.0. The summed E-state index contributed by atoms with van der Waals surface area (Å²) in [5, 5.41) is 33.1. The number of nitrogens with zero attached hydrogens (tertiary/aromatic N) is 1. The fourth-order valence-electron chi connectivity index (χ4n) is 1.71. The topological polar surface area (TPSA) is 148 Å². The molecule has 0 aliphatic rings. The second kappa shape index (κ2) is 6.86. The van der Waals surface area contributed by atoms with Crippen molar-refractivity contribution >= 4 is 17.3 Å². The van der Waals surface area contributed by atoms with E-state index in [-0.39, 0.29) is 29.5 Å². The van der Waals surface area contributed by atoms with Crippen LogP contribution in [0.3, 0.4) is 0 Å². The molecule has 1 amide bonds. The van der Waals surface area contributed by atoms with Crippen molar-refractivity contribution in [2.45, 2.75) is 19.1 Å². The second-order valence-electron chi connectivity index (χ2n) is 4.36. The molecule has 0 saturated heterocycles. The highest BCUT2D eigenvalue weighted by Gasteiger charge is 2.26. The summed E-state index contributed by atoms with van der Waals surface area (Å²) in [6.45, 7) is 1.03. The number of nitrogens with two attached hydrogens (primary N) is 1.